The van der Waals surface area contributed by atoms with Crippen LogP contribution in [0.2, 0.25) is 0 Å². The van der Waals surface area contributed by atoms with Crippen LogP contribution in [0.25, 0.3) is 10.4 Å². The van der Waals surface area contributed by atoms with Crippen molar-refractivity contribution >= 4 is 28.9 Å². The number of carboxylic acid groups (broad SMARTS) is 1. The Kier molecular flexibility index (Phi) is 8.63. The summed E-state index contributed by atoms with van der Waals surface area (Å²) in [6.45, 7) is 1.46. The molecule has 2 aromatic rings. The quantitative estimate of drug-likeness (QED) is 0.611. The van der Waals surface area contributed by atoms with Crippen molar-refractivity contribution in [2.75, 3.05) is 11.9 Å². The Bertz CT molecular complexity index is 686. The standard InChI is InChI=1S/C16H17NO4S.K/c1-10-6-7-14(22-10)12-4-2-3-5-13(12)17-16(21)11(9-18)8-15(19)20;/h2-7,11,18H,8-9H2,1H3,(H,17,21)(H,19,20);/q;+1/p-1. The maximum Gasteiger partial charge on any atom is 1.00 e. The topological polar surface area (TPSA) is 89.5 Å². The molecule has 5 nitrogen and oxygen atoms in total. The number of thiophene rings is 1. The average Bonchev–Trinajstić information content (AvgIpc) is 2.91. The molecule has 1 aromatic heterocycles. The first-order valence-corrected chi connectivity index (χ1v) is 7.60. The number of carbonyl (C=O) groups is 2. The van der Waals surface area contributed by atoms with Gasteiger partial charge < -0.3 is 20.3 Å². The van der Waals surface area contributed by atoms with Gasteiger partial charge in [0.2, 0.25) is 5.91 Å². The molecule has 1 amide bonds. The number of para-hydroxylation sites is 1. The van der Waals surface area contributed by atoms with E-state index in [0.717, 1.165) is 15.3 Å². The third kappa shape index (κ3) is 5.79. The SMILES string of the molecule is Cc1ccc(-c2ccccc2NC(=O)C(CO)CC(=O)[O-])s1.[K+]. The summed E-state index contributed by atoms with van der Waals surface area (Å²) < 4.78 is 0. The van der Waals surface area contributed by atoms with Gasteiger partial charge in [-0.05, 0) is 25.1 Å². The van der Waals surface area contributed by atoms with Crippen LogP contribution in [0.4, 0.5) is 5.69 Å². The van der Waals surface area contributed by atoms with Crippen LogP contribution in [0.15, 0.2) is 36.4 Å². The van der Waals surface area contributed by atoms with Gasteiger partial charge >= 0.3 is 51.4 Å². The van der Waals surface area contributed by atoms with Crippen LogP contribution in [0.5, 0.6) is 0 Å². The Labute approximate surface area is 181 Å². The minimum Gasteiger partial charge on any atom is -0.550 e. The van der Waals surface area contributed by atoms with Gasteiger partial charge in [-0.2, -0.15) is 0 Å². The smallest absolute Gasteiger partial charge is 0.550 e. The second-order valence-corrected chi connectivity index (χ2v) is 6.19. The number of carbonyl (C=O) groups excluding carboxylic acids is 2. The molecule has 0 aliphatic rings. The molecular formula is C16H16KNO4S. The average molecular weight is 357 g/mol. The van der Waals surface area contributed by atoms with E-state index in [9.17, 15) is 14.7 Å². The zero-order valence-corrected chi connectivity index (χ0v) is 17.0. The monoisotopic (exact) mass is 357 g/mol. The molecule has 23 heavy (non-hydrogen) atoms. The Morgan fingerprint density at radius 2 is 1.96 bits per heavy atom. The summed E-state index contributed by atoms with van der Waals surface area (Å²) in [5.41, 5.74) is 1.45. The molecule has 0 fully saturated rings. The number of hydrogen-bond acceptors (Lipinski definition) is 5. The molecule has 0 radical (unpaired) electrons. The predicted octanol–water partition coefficient (Wildman–Crippen LogP) is -1.59. The molecule has 0 aliphatic heterocycles. The predicted molar refractivity (Wildman–Crippen MR) is 83.3 cm³/mol. The van der Waals surface area contributed by atoms with Crippen molar-refractivity contribution in [1.29, 1.82) is 0 Å². The van der Waals surface area contributed by atoms with Crippen molar-refractivity contribution in [1.82, 2.24) is 0 Å². The van der Waals surface area contributed by atoms with Crippen LogP contribution in [-0.4, -0.2) is 23.6 Å². The number of aliphatic hydroxyl groups excluding tert-OH is 1. The molecule has 116 valence electrons. The number of rotatable bonds is 6. The number of anilines is 1. The number of aliphatic carboxylic acids is 1. The maximum atomic E-state index is 12.1. The molecule has 2 rings (SSSR count). The third-order valence-corrected chi connectivity index (χ3v) is 4.23. The number of amides is 1. The molecule has 0 saturated carbocycles. The van der Waals surface area contributed by atoms with Gasteiger partial charge in [0.25, 0.3) is 0 Å². The summed E-state index contributed by atoms with van der Waals surface area (Å²) in [6.07, 6.45) is -0.511. The fourth-order valence-corrected chi connectivity index (χ4v) is 2.97. The van der Waals surface area contributed by atoms with E-state index in [1.165, 1.54) is 0 Å². The van der Waals surface area contributed by atoms with Gasteiger partial charge in [-0.1, -0.05) is 18.2 Å². The van der Waals surface area contributed by atoms with E-state index in [4.69, 9.17) is 5.11 Å². The van der Waals surface area contributed by atoms with Crippen molar-refractivity contribution in [3.05, 3.63) is 41.3 Å². The van der Waals surface area contributed by atoms with Gasteiger partial charge in [0.15, 0.2) is 0 Å². The largest absolute Gasteiger partial charge is 1.00 e. The van der Waals surface area contributed by atoms with Gasteiger partial charge in [-0.25, -0.2) is 0 Å². The number of carboxylic acids is 1. The van der Waals surface area contributed by atoms with Crippen molar-refractivity contribution in [2.24, 2.45) is 5.92 Å². The minimum atomic E-state index is -1.36. The van der Waals surface area contributed by atoms with E-state index in [1.807, 2.05) is 31.2 Å². The molecule has 0 saturated heterocycles. The maximum absolute atomic E-state index is 12.1. The Hall–Kier alpha value is -0.544. The summed E-state index contributed by atoms with van der Waals surface area (Å²) in [7, 11) is 0. The molecule has 0 bridgehead atoms. The number of nitrogens with one attached hydrogen (secondary N) is 1. The summed E-state index contributed by atoms with van der Waals surface area (Å²) in [5.74, 6) is -2.92. The van der Waals surface area contributed by atoms with Crippen LogP contribution >= 0.6 is 11.3 Å². The normalized spacial score (nSPS) is 11.4. The molecule has 1 unspecified atom stereocenters. The second-order valence-electron chi connectivity index (χ2n) is 4.90. The van der Waals surface area contributed by atoms with Gasteiger partial charge in [0, 0.05) is 33.4 Å². The van der Waals surface area contributed by atoms with Crippen molar-refractivity contribution in [2.45, 2.75) is 13.3 Å². The zero-order chi connectivity index (χ0) is 16.1. The van der Waals surface area contributed by atoms with Crippen LogP contribution < -0.4 is 61.8 Å². The molecule has 2 N–H and O–H groups in total. The minimum absolute atomic E-state index is 0. The van der Waals surface area contributed by atoms with Crippen LogP contribution in [-0.2, 0) is 9.59 Å². The van der Waals surface area contributed by atoms with Crippen LogP contribution in [0.3, 0.4) is 0 Å². The fourth-order valence-electron chi connectivity index (χ4n) is 2.06. The summed E-state index contributed by atoms with van der Waals surface area (Å²) in [5, 5.41) is 22.5. The molecule has 1 aromatic carbocycles. The Balaban J connectivity index is 0.00000264. The third-order valence-electron chi connectivity index (χ3n) is 3.19. The summed E-state index contributed by atoms with van der Waals surface area (Å²) in [4.78, 5) is 24.9. The fraction of sp³-hybridized carbons (Fsp3) is 0.250. The van der Waals surface area contributed by atoms with E-state index < -0.39 is 30.8 Å². The molecule has 1 atom stereocenters. The van der Waals surface area contributed by atoms with Crippen LogP contribution in [0.1, 0.15) is 11.3 Å². The van der Waals surface area contributed by atoms with Crippen molar-refractivity contribution in [3.8, 4) is 10.4 Å². The van der Waals surface area contributed by atoms with Gasteiger partial charge in [0.05, 0.1) is 12.5 Å². The number of hydrogen-bond donors (Lipinski definition) is 2. The van der Waals surface area contributed by atoms with E-state index in [1.54, 1.807) is 23.5 Å². The molecule has 1 heterocycles. The number of aliphatic hydroxyl groups is 1. The van der Waals surface area contributed by atoms with Crippen LogP contribution in [0, 0.1) is 12.8 Å². The first-order chi connectivity index (χ1) is 10.5. The van der Waals surface area contributed by atoms with Gasteiger partial charge in [-0.15, -0.1) is 11.3 Å². The van der Waals surface area contributed by atoms with E-state index >= 15 is 0 Å². The number of aryl methyl sites for hydroxylation is 1. The molecule has 0 spiro atoms. The molecular weight excluding hydrogens is 341 g/mol. The summed E-state index contributed by atoms with van der Waals surface area (Å²) >= 11 is 1.60. The molecule has 0 aliphatic carbocycles. The molecule has 7 heteroatoms. The van der Waals surface area contributed by atoms with E-state index in [2.05, 4.69) is 5.32 Å². The van der Waals surface area contributed by atoms with E-state index in [-0.39, 0.29) is 51.4 Å². The Morgan fingerprint density at radius 3 is 2.52 bits per heavy atom. The van der Waals surface area contributed by atoms with E-state index in [0.29, 0.717) is 5.69 Å². The summed E-state index contributed by atoms with van der Waals surface area (Å²) in [6, 6.07) is 11.2. The van der Waals surface area contributed by atoms with Gasteiger partial charge in [-0.3, -0.25) is 4.79 Å². The van der Waals surface area contributed by atoms with Crippen molar-refractivity contribution < 1.29 is 71.2 Å². The van der Waals surface area contributed by atoms with Gasteiger partial charge in [0.1, 0.15) is 0 Å². The Morgan fingerprint density at radius 1 is 1.26 bits per heavy atom. The van der Waals surface area contributed by atoms with Crippen molar-refractivity contribution in [3.63, 3.8) is 0 Å². The number of benzene rings is 1. The zero-order valence-electron chi connectivity index (χ0n) is 13.0. The second kappa shape index (κ2) is 9.68. The first kappa shape index (κ1) is 20.5. The first-order valence-electron chi connectivity index (χ1n) is 6.78.